The average molecular weight is 742 g/mol. The summed E-state index contributed by atoms with van der Waals surface area (Å²) in [6.45, 7) is 4.72. The predicted octanol–water partition coefficient (Wildman–Crippen LogP) is 13.2. The van der Waals surface area contributed by atoms with Crippen molar-refractivity contribution in [1.82, 2.24) is 15.0 Å². The maximum Gasteiger partial charge on any atom is 0.164 e. The first-order valence-corrected chi connectivity index (χ1v) is 20.0. The van der Waals surface area contributed by atoms with E-state index in [-0.39, 0.29) is 5.41 Å². The average Bonchev–Trinajstić information content (AvgIpc) is 3.60. The monoisotopic (exact) mass is 741 g/mol. The summed E-state index contributed by atoms with van der Waals surface area (Å²) in [5, 5.41) is 0. The number of rotatable bonds is 5. The van der Waals surface area contributed by atoms with Crippen LogP contribution in [0.15, 0.2) is 200 Å². The highest BCUT2D eigenvalue weighted by molar-refractivity contribution is 5.95. The topological polar surface area (TPSA) is 38.7 Å². The Kier molecular flexibility index (Phi) is 7.74. The standard InChI is InChI=1S/C55H39N3/c1-54(2)45-23-11-13-25-47(45)55(48-26-14-12-24-46(48)54)44-22-10-9-20-42(44)50-43(21-15-27-49(50)55)53-57-51(40-18-7-4-8-19-40)56-52(58-53)41-34-32-39(33-35-41)38-30-28-37(29-31-38)36-16-5-3-6-17-36/h3-35H,1-2H3. The van der Waals surface area contributed by atoms with Crippen LogP contribution in [0.5, 0.6) is 0 Å². The van der Waals surface area contributed by atoms with Crippen molar-refractivity contribution < 1.29 is 0 Å². The number of aromatic nitrogens is 3. The molecule has 1 spiro atoms. The van der Waals surface area contributed by atoms with Crippen LogP contribution in [0.1, 0.15) is 47.2 Å². The van der Waals surface area contributed by atoms with Gasteiger partial charge in [-0.3, -0.25) is 0 Å². The molecule has 2 aliphatic carbocycles. The summed E-state index contributed by atoms with van der Waals surface area (Å²) in [6.07, 6.45) is 0. The molecule has 0 unspecified atom stereocenters. The molecule has 58 heavy (non-hydrogen) atoms. The van der Waals surface area contributed by atoms with E-state index in [1.165, 1.54) is 55.6 Å². The molecular formula is C55H39N3. The highest BCUT2D eigenvalue weighted by Gasteiger charge is 2.53. The van der Waals surface area contributed by atoms with Crippen molar-refractivity contribution in [1.29, 1.82) is 0 Å². The van der Waals surface area contributed by atoms with Crippen molar-refractivity contribution in [3.8, 4) is 67.5 Å². The third kappa shape index (κ3) is 5.10. The quantitative estimate of drug-likeness (QED) is 0.176. The minimum Gasteiger partial charge on any atom is -0.208 e. The van der Waals surface area contributed by atoms with E-state index in [2.05, 4.69) is 196 Å². The van der Waals surface area contributed by atoms with Crippen LogP contribution in [0.2, 0.25) is 0 Å². The number of benzene rings is 8. The SMILES string of the molecule is CC1(C)c2ccccc2C2(c3ccccc3-c3c(-c4nc(-c5ccccc5)nc(-c5ccc(-c6ccc(-c7ccccc7)cc6)cc5)n4)cccc32)c2ccccc21. The van der Waals surface area contributed by atoms with Crippen molar-refractivity contribution in [2.75, 3.05) is 0 Å². The Labute approximate surface area is 339 Å². The van der Waals surface area contributed by atoms with Crippen LogP contribution in [0, 0.1) is 0 Å². The van der Waals surface area contributed by atoms with Gasteiger partial charge in [0.2, 0.25) is 0 Å². The van der Waals surface area contributed by atoms with Crippen molar-refractivity contribution in [3.05, 3.63) is 234 Å². The fourth-order valence-corrected chi connectivity index (χ4v) is 9.73. The van der Waals surface area contributed by atoms with Crippen LogP contribution in [-0.2, 0) is 10.8 Å². The Morgan fingerprint density at radius 1 is 0.276 bits per heavy atom. The molecule has 0 atom stereocenters. The van der Waals surface area contributed by atoms with E-state index in [9.17, 15) is 0 Å². The molecule has 9 aromatic rings. The van der Waals surface area contributed by atoms with Gasteiger partial charge in [0, 0.05) is 22.1 Å². The summed E-state index contributed by atoms with van der Waals surface area (Å²) in [4.78, 5) is 15.7. The molecule has 0 saturated carbocycles. The van der Waals surface area contributed by atoms with Crippen LogP contribution < -0.4 is 0 Å². The molecule has 0 fully saturated rings. The highest BCUT2D eigenvalue weighted by Crippen LogP contribution is 2.63. The van der Waals surface area contributed by atoms with Crippen molar-refractivity contribution in [3.63, 3.8) is 0 Å². The zero-order valence-electron chi connectivity index (χ0n) is 32.4. The first-order chi connectivity index (χ1) is 28.5. The lowest BCUT2D eigenvalue weighted by atomic mass is 9.55. The fraction of sp³-hybridized carbons (Fsp3) is 0.0727. The molecule has 2 aliphatic rings. The summed E-state index contributed by atoms with van der Waals surface area (Å²) in [5.74, 6) is 1.95. The van der Waals surface area contributed by atoms with E-state index in [0.717, 1.165) is 27.8 Å². The fourth-order valence-electron chi connectivity index (χ4n) is 9.73. The number of nitrogens with zero attached hydrogens (tertiary/aromatic N) is 3. The van der Waals surface area contributed by atoms with E-state index >= 15 is 0 Å². The van der Waals surface area contributed by atoms with Gasteiger partial charge in [0.15, 0.2) is 17.5 Å². The smallest absolute Gasteiger partial charge is 0.164 e. The summed E-state index contributed by atoms with van der Waals surface area (Å²) < 4.78 is 0. The Morgan fingerprint density at radius 2 is 0.638 bits per heavy atom. The second-order valence-corrected chi connectivity index (χ2v) is 15.9. The van der Waals surface area contributed by atoms with Crippen molar-refractivity contribution in [2.45, 2.75) is 24.7 Å². The minimum atomic E-state index is -0.502. The zero-order chi connectivity index (χ0) is 38.8. The van der Waals surface area contributed by atoms with Crippen molar-refractivity contribution in [2.24, 2.45) is 0 Å². The predicted molar refractivity (Wildman–Crippen MR) is 236 cm³/mol. The van der Waals surface area contributed by atoms with Gasteiger partial charge in [0.05, 0.1) is 5.41 Å². The molecule has 0 radical (unpaired) electrons. The molecule has 0 saturated heterocycles. The lowest BCUT2D eigenvalue weighted by molar-refractivity contribution is 0.563. The number of hydrogen-bond donors (Lipinski definition) is 0. The maximum atomic E-state index is 5.32. The minimum absolute atomic E-state index is 0.164. The van der Waals surface area contributed by atoms with Crippen LogP contribution in [0.25, 0.3) is 67.5 Å². The van der Waals surface area contributed by atoms with Crippen LogP contribution in [0.4, 0.5) is 0 Å². The third-order valence-electron chi connectivity index (χ3n) is 12.5. The molecule has 11 rings (SSSR count). The highest BCUT2D eigenvalue weighted by atomic mass is 15.0. The second kappa shape index (κ2) is 13.2. The lowest BCUT2D eigenvalue weighted by Gasteiger charge is -2.46. The van der Waals surface area contributed by atoms with E-state index < -0.39 is 5.41 Å². The van der Waals surface area contributed by atoms with Gasteiger partial charge in [-0.15, -0.1) is 0 Å². The van der Waals surface area contributed by atoms with Crippen LogP contribution in [-0.4, -0.2) is 15.0 Å². The Bertz CT molecular complexity index is 2950. The summed E-state index contributed by atoms with van der Waals surface area (Å²) in [5.41, 5.74) is 17.2. The number of hydrogen-bond acceptors (Lipinski definition) is 3. The molecule has 1 heterocycles. The largest absolute Gasteiger partial charge is 0.208 e. The lowest BCUT2D eigenvalue weighted by Crippen LogP contribution is -2.40. The Hall–Kier alpha value is -7.23. The molecule has 0 amide bonds. The molecule has 0 bridgehead atoms. The van der Waals surface area contributed by atoms with Gasteiger partial charge >= 0.3 is 0 Å². The van der Waals surface area contributed by atoms with Gasteiger partial charge in [-0.1, -0.05) is 214 Å². The van der Waals surface area contributed by atoms with Gasteiger partial charge in [0.1, 0.15) is 0 Å². The molecular weight excluding hydrogens is 703 g/mol. The van der Waals surface area contributed by atoms with E-state index in [1.807, 2.05) is 18.2 Å². The first kappa shape index (κ1) is 34.1. The van der Waals surface area contributed by atoms with Gasteiger partial charge in [-0.2, -0.15) is 0 Å². The van der Waals surface area contributed by atoms with Gasteiger partial charge < -0.3 is 0 Å². The third-order valence-corrected chi connectivity index (χ3v) is 12.5. The van der Waals surface area contributed by atoms with Gasteiger partial charge in [0.25, 0.3) is 0 Å². The van der Waals surface area contributed by atoms with Gasteiger partial charge in [-0.05, 0) is 66.8 Å². The van der Waals surface area contributed by atoms with Crippen LogP contribution in [0.3, 0.4) is 0 Å². The Balaban J connectivity index is 1.09. The molecule has 3 heteroatoms. The second-order valence-electron chi connectivity index (χ2n) is 15.9. The summed E-state index contributed by atoms with van der Waals surface area (Å²) in [7, 11) is 0. The van der Waals surface area contributed by atoms with E-state index in [1.54, 1.807) is 0 Å². The molecule has 3 nitrogen and oxygen atoms in total. The normalized spacial score (nSPS) is 14.0. The van der Waals surface area contributed by atoms with Crippen LogP contribution >= 0.6 is 0 Å². The molecule has 0 aliphatic heterocycles. The van der Waals surface area contributed by atoms with Crippen molar-refractivity contribution >= 4 is 0 Å². The van der Waals surface area contributed by atoms with Gasteiger partial charge in [-0.25, -0.2) is 15.0 Å². The van der Waals surface area contributed by atoms with E-state index in [4.69, 9.17) is 15.0 Å². The first-order valence-electron chi connectivity index (χ1n) is 20.0. The molecule has 8 aromatic carbocycles. The zero-order valence-corrected chi connectivity index (χ0v) is 32.4. The summed E-state index contributed by atoms with van der Waals surface area (Å²) >= 11 is 0. The van der Waals surface area contributed by atoms with E-state index in [0.29, 0.717) is 17.5 Å². The Morgan fingerprint density at radius 3 is 1.19 bits per heavy atom. The molecule has 274 valence electrons. The maximum absolute atomic E-state index is 5.32. The summed E-state index contributed by atoms with van der Waals surface area (Å²) in [6, 6.07) is 71.9. The number of fused-ring (bicyclic) bond motifs is 9. The molecule has 0 N–H and O–H groups in total. The molecule has 1 aromatic heterocycles.